The number of aliphatic imine (C=N–C) groups is 1. The van der Waals surface area contributed by atoms with Crippen LogP contribution in [0.1, 0.15) is 38.4 Å². The Labute approximate surface area is 189 Å². The van der Waals surface area contributed by atoms with E-state index in [9.17, 15) is 8.42 Å². The van der Waals surface area contributed by atoms with Crippen molar-refractivity contribution in [2.75, 3.05) is 32.0 Å². The van der Waals surface area contributed by atoms with Crippen molar-refractivity contribution < 1.29 is 13.2 Å². The van der Waals surface area contributed by atoms with Gasteiger partial charge in [0.25, 0.3) is 0 Å². The van der Waals surface area contributed by atoms with Crippen LogP contribution in [-0.2, 0) is 27.7 Å². The van der Waals surface area contributed by atoms with E-state index in [4.69, 9.17) is 4.74 Å². The molecule has 1 fully saturated rings. The Hall–Kier alpha value is -0.990. The van der Waals surface area contributed by atoms with Crippen molar-refractivity contribution in [1.29, 1.82) is 0 Å². The summed E-state index contributed by atoms with van der Waals surface area (Å²) < 4.78 is 34.5. The highest BCUT2D eigenvalue weighted by Gasteiger charge is 2.21. The maximum Gasteiger partial charge on any atom is 0.213 e. The predicted molar refractivity (Wildman–Crippen MR) is 122 cm³/mol. The first-order valence-electron chi connectivity index (χ1n) is 10.1. The van der Waals surface area contributed by atoms with E-state index in [2.05, 4.69) is 30.4 Å². The molecule has 2 unspecified atom stereocenters. The van der Waals surface area contributed by atoms with E-state index in [-0.39, 0.29) is 48.4 Å². The predicted octanol–water partition coefficient (Wildman–Crippen LogP) is 0.255. The van der Waals surface area contributed by atoms with E-state index in [1.54, 1.807) is 6.33 Å². The molecule has 1 aromatic heterocycles. The van der Waals surface area contributed by atoms with Crippen LogP contribution in [0.5, 0.6) is 0 Å². The summed E-state index contributed by atoms with van der Waals surface area (Å²) in [6.07, 6.45) is 6.41. The van der Waals surface area contributed by atoms with Gasteiger partial charge in [0.1, 0.15) is 12.2 Å². The fourth-order valence-corrected chi connectivity index (χ4v) is 4.32. The van der Waals surface area contributed by atoms with E-state index in [0.717, 1.165) is 44.5 Å². The second-order valence-electron chi connectivity index (χ2n) is 7.15. The first kappa shape index (κ1) is 24.3. The zero-order valence-corrected chi connectivity index (χ0v) is 20.0. The molecule has 0 saturated carbocycles. The number of sulfonamides is 1. The van der Waals surface area contributed by atoms with E-state index in [1.165, 1.54) is 0 Å². The zero-order chi connectivity index (χ0) is 19.8. The summed E-state index contributed by atoms with van der Waals surface area (Å²) in [6, 6.07) is 0.185. The number of aryl methyl sites for hydroxylation is 1. The number of ether oxygens (including phenoxy) is 1. The molecule has 1 aromatic rings. The van der Waals surface area contributed by atoms with Crippen molar-refractivity contribution in [3.63, 3.8) is 0 Å². The Balaban J connectivity index is 0.00000300. The van der Waals surface area contributed by atoms with Crippen LogP contribution in [0.15, 0.2) is 11.3 Å². The summed E-state index contributed by atoms with van der Waals surface area (Å²) in [7, 11) is -3.37. The van der Waals surface area contributed by atoms with Gasteiger partial charge < -0.3 is 15.4 Å². The van der Waals surface area contributed by atoms with Gasteiger partial charge in [-0.2, -0.15) is 5.10 Å². The lowest BCUT2D eigenvalue weighted by Gasteiger charge is -2.25. The number of aromatic nitrogens is 3. The average Bonchev–Trinajstić information content (AvgIpc) is 3.15. The zero-order valence-electron chi connectivity index (χ0n) is 16.8. The number of rotatable bonds is 8. The molecular weight excluding hydrogens is 509 g/mol. The Morgan fingerprint density at radius 1 is 1.38 bits per heavy atom. The summed E-state index contributed by atoms with van der Waals surface area (Å²) in [5, 5.41) is 10.8. The molecule has 166 valence electrons. The van der Waals surface area contributed by atoms with E-state index in [0.29, 0.717) is 25.7 Å². The third kappa shape index (κ3) is 7.98. The number of halogens is 1. The van der Waals surface area contributed by atoms with Crippen molar-refractivity contribution in [2.24, 2.45) is 4.99 Å². The molecule has 2 aliphatic heterocycles. The Morgan fingerprint density at radius 2 is 2.24 bits per heavy atom. The molecular formula is C17H32IN7O3S. The number of hydrogen-bond donors (Lipinski definition) is 3. The summed E-state index contributed by atoms with van der Waals surface area (Å²) in [5.74, 6) is 1.58. The first-order chi connectivity index (χ1) is 13.6. The van der Waals surface area contributed by atoms with Crippen molar-refractivity contribution in [3.05, 3.63) is 12.2 Å². The largest absolute Gasteiger partial charge is 0.377 e. The maximum absolute atomic E-state index is 12.2. The molecule has 10 nitrogen and oxygen atoms in total. The average molecular weight is 541 g/mol. The minimum absolute atomic E-state index is 0. The van der Waals surface area contributed by atoms with Gasteiger partial charge in [-0.05, 0) is 32.6 Å². The SMILES string of the molecule is CCNC(=NCCS(=O)(=O)NCC1CCCCO1)NC1CCc2ncnn2C1.I. The monoisotopic (exact) mass is 541 g/mol. The van der Waals surface area contributed by atoms with Crippen molar-refractivity contribution in [3.8, 4) is 0 Å². The van der Waals surface area contributed by atoms with Gasteiger partial charge in [0.05, 0.1) is 24.9 Å². The minimum atomic E-state index is -3.37. The van der Waals surface area contributed by atoms with Gasteiger partial charge in [0, 0.05) is 32.2 Å². The molecule has 0 spiro atoms. The Morgan fingerprint density at radius 3 is 3.00 bits per heavy atom. The van der Waals surface area contributed by atoms with Crippen LogP contribution in [-0.4, -0.2) is 73.3 Å². The van der Waals surface area contributed by atoms with Crippen LogP contribution >= 0.6 is 24.0 Å². The summed E-state index contributed by atoms with van der Waals surface area (Å²) >= 11 is 0. The molecule has 1 saturated heterocycles. The number of hydrogen-bond acceptors (Lipinski definition) is 6. The smallest absolute Gasteiger partial charge is 0.213 e. The summed E-state index contributed by atoms with van der Waals surface area (Å²) in [4.78, 5) is 8.66. The highest BCUT2D eigenvalue weighted by atomic mass is 127. The minimum Gasteiger partial charge on any atom is -0.377 e. The standard InChI is InChI=1S/C17H31N7O3S.HI/c1-2-18-17(23-14-6-7-16-20-13-21-24(16)12-14)19-8-10-28(25,26)22-11-15-5-3-4-9-27-15;/h13-15,22H,2-12H2,1H3,(H2,18,19,23);1H. The first-order valence-corrected chi connectivity index (χ1v) is 11.7. The van der Waals surface area contributed by atoms with Crippen molar-refractivity contribution in [1.82, 2.24) is 30.1 Å². The molecule has 0 amide bonds. The third-order valence-electron chi connectivity index (χ3n) is 4.93. The maximum atomic E-state index is 12.2. The molecule has 3 heterocycles. The van der Waals surface area contributed by atoms with Gasteiger partial charge in [0.2, 0.25) is 10.0 Å². The van der Waals surface area contributed by atoms with Gasteiger partial charge in [-0.3, -0.25) is 4.99 Å². The number of guanidine groups is 1. The fourth-order valence-electron chi connectivity index (χ4n) is 3.41. The van der Waals surface area contributed by atoms with Gasteiger partial charge in [-0.1, -0.05) is 0 Å². The van der Waals surface area contributed by atoms with Crippen molar-refractivity contribution in [2.45, 2.75) is 57.7 Å². The van der Waals surface area contributed by atoms with Crippen LogP contribution in [0, 0.1) is 0 Å². The summed E-state index contributed by atoms with van der Waals surface area (Å²) in [5.41, 5.74) is 0. The Kier molecular flexibility index (Phi) is 10.1. The molecule has 0 aliphatic carbocycles. The number of nitrogens with one attached hydrogen (secondary N) is 3. The second-order valence-corrected chi connectivity index (χ2v) is 9.08. The van der Waals surface area contributed by atoms with Crippen molar-refractivity contribution >= 4 is 40.0 Å². The van der Waals surface area contributed by atoms with Gasteiger partial charge in [-0.15, -0.1) is 24.0 Å². The molecule has 0 radical (unpaired) electrons. The fraction of sp³-hybridized carbons (Fsp3) is 0.824. The Bertz CT molecular complexity index is 750. The van der Waals surface area contributed by atoms with Gasteiger partial charge >= 0.3 is 0 Å². The second kappa shape index (κ2) is 12.0. The third-order valence-corrected chi connectivity index (χ3v) is 6.25. The lowest BCUT2D eigenvalue weighted by atomic mass is 10.1. The molecule has 2 aliphatic rings. The molecule has 29 heavy (non-hydrogen) atoms. The van der Waals surface area contributed by atoms with Crippen LogP contribution in [0.3, 0.4) is 0 Å². The lowest BCUT2D eigenvalue weighted by Crippen LogP contribution is -2.47. The number of nitrogens with zero attached hydrogens (tertiary/aromatic N) is 4. The quantitative estimate of drug-likeness (QED) is 0.245. The van der Waals surface area contributed by atoms with Crippen LogP contribution in [0.2, 0.25) is 0 Å². The highest BCUT2D eigenvalue weighted by Crippen LogP contribution is 2.12. The van der Waals surface area contributed by atoms with Crippen LogP contribution in [0.25, 0.3) is 0 Å². The van der Waals surface area contributed by atoms with E-state index >= 15 is 0 Å². The molecule has 0 bridgehead atoms. The highest BCUT2D eigenvalue weighted by molar-refractivity contribution is 14.0. The van der Waals surface area contributed by atoms with Gasteiger partial charge in [-0.25, -0.2) is 22.8 Å². The molecule has 2 atom stereocenters. The molecule has 0 aromatic carbocycles. The van der Waals surface area contributed by atoms with E-state index in [1.807, 2.05) is 11.6 Å². The molecule has 12 heteroatoms. The van der Waals surface area contributed by atoms with Crippen LogP contribution in [0.4, 0.5) is 0 Å². The molecule has 3 N–H and O–H groups in total. The normalized spacial score (nSPS) is 22.4. The lowest BCUT2D eigenvalue weighted by molar-refractivity contribution is 0.0200. The van der Waals surface area contributed by atoms with Crippen LogP contribution < -0.4 is 15.4 Å². The van der Waals surface area contributed by atoms with Gasteiger partial charge in [0.15, 0.2) is 5.96 Å². The number of fused-ring (bicyclic) bond motifs is 1. The molecule has 3 rings (SSSR count). The summed E-state index contributed by atoms with van der Waals surface area (Å²) in [6.45, 7) is 4.66. The van der Waals surface area contributed by atoms with E-state index < -0.39 is 10.0 Å². The topological polar surface area (TPSA) is 123 Å².